The van der Waals surface area contributed by atoms with Crippen LogP contribution in [0.2, 0.25) is 0 Å². The van der Waals surface area contributed by atoms with Crippen molar-refractivity contribution in [3.05, 3.63) is 138 Å². The van der Waals surface area contributed by atoms with Crippen molar-refractivity contribution in [3.63, 3.8) is 0 Å². The van der Waals surface area contributed by atoms with E-state index in [2.05, 4.69) is 65.4 Å². The molecule has 0 aliphatic carbocycles. The summed E-state index contributed by atoms with van der Waals surface area (Å²) in [6.45, 7) is 29.9. The number of oxazole rings is 1. The fourth-order valence-electron chi connectivity index (χ4n) is 5.05. The summed E-state index contributed by atoms with van der Waals surface area (Å²) in [4.78, 5) is 48.4. The van der Waals surface area contributed by atoms with Crippen molar-refractivity contribution in [2.45, 2.75) is 0 Å². The molecule has 0 saturated heterocycles. The monoisotopic (exact) mass is 654 g/mol. The molecule has 17 heteroatoms. The number of hydrogen-bond acceptors (Lipinski definition) is 13. The topological polar surface area (TPSA) is 227 Å². The third-order valence-corrected chi connectivity index (χ3v) is 7.31. The summed E-state index contributed by atoms with van der Waals surface area (Å²) in [6.07, 6.45) is 0. The van der Waals surface area contributed by atoms with E-state index >= 15 is 0 Å². The van der Waals surface area contributed by atoms with Crippen LogP contribution in [0.5, 0.6) is 0 Å². The number of benzene rings is 3. The molecule has 0 atom stereocenters. The molecule has 0 unspecified atom stereocenters. The van der Waals surface area contributed by atoms with Gasteiger partial charge in [-0.2, -0.15) is 10.5 Å². The molecular formula is C34H6N16O. The molecule has 0 radical (unpaired) electrons. The van der Waals surface area contributed by atoms with E-state index in [1.807, 2.05) is 6.07 Å². The van der Waals surface area contributed by atoms with Crippen LogP contribution in [0.4, 0.5) is 11.4 Å². The Hall–Kier alpha value is -9.26. The highest BCUT2D eigenvalue weighted by molar-refractivity contribution is 5.84. The van der Waals surface area contributed by atoms with E-state index in [0.717, 1.165) is 0 Å². The second-order valence-corrected chi connectivity index (χ2v) is 10.0. The third kappa shape index (κ3) is 4.81. The predicted octanol–water partition coefficient (Wildman–Crippen LogP) is 3.59. The van der Waals surface area contributed by atoms with Crippen molar-refractivity contribution in [2.24, 2.45) is 20.0 Å². The van der Waals surface area contributed by atoms with Crippen LogP contribution in [0.3, 0.4) is 0 Å². The highest BCUT2D eigenvalue weighted by atomic mass is 16.3. The van der Waals surface area contributed by atoms with Crippen LogP contribution < -0.4 is 21.4 Å². The molecule has 0 bridgehead atoms. The van der Waals surface area contributed by atoms with Crippen molar-refractivity contribution in [1.29, 1.82) is 21.0 Å². The Labute approximate surface area is 284 Å². The van der Waals surface area contributed by atoms with Gasteiger partial charge in [0.05, 0.1) is 77.2 Å². The molecule has 2 aliphatic heterocycles. The summed E-state index contributed by atoms with van der Waals surface area (Å²) < 4.78 is 5.93. The highest BCUT2D eigenvalue weighted by Gasteiger charge is 2.24. The van der Waals surface area contributed by atoms with Gasteiger partial charge in [-0.3, -0.25) is 0 Å². The van der Waals surface area contributed by atoms with E-state index in [1.165, 1.54) is 36.4 Å². The Morgan fingerprint density at radius 1 is 0.647 bits per heavy atom. The van der Waals surface area contributed by atoms with Gasteiger partial charge in [-0.25, -0.2) is 69.8 Å². The third-order valence-electron chi connectivity index (χ3n) is 7.31. The number of fused-ring (bicyclic) bond motifs is 3. The zero-order chi connectivity index (χ0) is 35.8. The first-order valence-electron chi connectivity index (χ1n) is 13.9. The molecule has 4 heterocycles. The molecule has 0 spiro atoms. The zero-order valence-corrected chi connectivity index (χ0v) is 25.0. The molecule has 7 rings (SSSR count). The summed E-state index contributed by atoms with van der Waals surface area (Å²) in [5.74, 6) is -0.787. The Kier molecular flexibility index (Phi) is 7.05. The second-order valence-electron chi connectivity index (χ2n) is 10.0. The van der Waals surface area contributed by atoms with E-state index < -0.39 is 0 Å². The number of nitriles is 4. The lowest BCUT2D eigenvalue weighted by atomic mass is 10.1. The average molecular weight is 655 g/mol. The minimum absolute atomic E-state index is 0.0411. The van der Waals surface area contributed by atoms with Crippen LogP contribution in [0.1, 0.15) is 11.1 Å². The standard InChI is InChI=1S/C34H6N16O/c1-39-21-10-22-25(9-15(21)11-35)51-34(45-22)33-49-29(16-5-7-19-26(18(16)12-36)46-31(43-19)23(13-37)40-2)48-30(50-33)17-6-8-20-28(27(17)42-4)47-32(44-20)24(14-38)41-3/h5-10H/b31-23+,32-24-. The summed E-state index contributed by atoms with van der Waals surface area (Å²) in [7, 11) is 0. The first-order chi connectivity index (χ1) is 24.9. The number of aromatic nitrogens is 4. The minimum Gasteiger partial charge on any atom is -0.434 e. The van der Waals surface area contributed by atoms with Gasteiger partial charge < -0.3 is 4.42 Å². The lowest BCUT2D eigenvalue weighted by Gasteiger charge is -2.08. The largest absolute Gasteiger partial charge is 0.434 e. The second kappa shape index (κ2) is 11.8. The van der Waals surface area contributed by atoms with Gasteiger partial charge in [0.1, 0.15) is 11.4 Å². The maximum Gasteiger partial charge on any atom is 0.305 e. The van der Waals surface area contributed by atoms with Gasteiger partial charge in [0.15, 0.2) is 28.9 Å². The van der Waals surface area contributed by atoms with Crippen molar-refractivity contribution < 1.29 is 4.42 Å². The maximum atomic E-state index is 10.3. The lowest BCUT2D eigenvalue weighted by molar-refractivity contribution is 0.612. The van der Waals surface area contributed by atoms with Crippen molar-refractivity contribution in [1.82, 2.24) is 19.9 Å². The molecule has 0 amide bonds. The van der Waals surface area contributed by atoms with E-state index in [0.29, 0.717) is 0 Å². The smallest absolute Gasteiger partial charge is 0.305 e. The van der Waals surface area contributed by atoms with Gasteiger partial charge in [0, 0.05) is 11.1 Å². The molecule has 51 heavy (non-hydrogen) atoms. The molecule has 2 aliphatic rings. The molecular weight excluding hydrogens is 648 g/mol. The van der Waals surface area contributed by atoms with E-state index in [9.17, 15) is 21.0 Å². The van der Waals surface area contributed by atoms with Crippen molar-refractivity contribution in [2.75, 3.05) is 0 Å². The molecule has 3 aromatic carbocycles. The van der Waals surface area contributed by atoms with Crippen molar-refractivity contribution in [3.8, 4) is 58.8 Å². The number of allylic oxidation sites excluding steroid dienone is 2. The lowest BCUT2D eigenvalue weighted by Crippen LogP contribution is -2.26. The summed E-state index contributed by atoms with van der Waals surface area (Å²) in [5.41, 5.74) is -0.0261. The molecule has 228 valence electrons. The Bertz CT molecular complexity index is 2940. The van der Waals surface area contributed by atoms with Crippen LogP contribution in [-0.2, 0) is 0 Å². The first-order valence-corrected chi connectivity index (χ1v) is 13.9. The van der Waals surface area contributed by atoms with Gasteiger partial charge in [0.25, 0.3) is 5.89 Å². The SMILES string of the molecule is [C-]#[N+]/C(C#N)=C1/N=c2ccc(-c3nc(-c4nc5cc([N+]#[C-])c(C#N)cc5o4)nc(-c4ccc5c(c4C#N)=N/C(=C(\C#N)[N+]#[C-])N=5)n3)c([N+]#[C-])c2=N1. The minimum atomic E-state index is -0.366. The fraction of sp³-hybridized carbons (Fsp3) is 0. The Morgan fingerprint density at radius 3 is 1.84 bits per heavy atom. The van der Waals surface area contributed by atoms with Gasteiger partial charge in [-0.1, -0.05) is 6.07 Å². The summed E-state index contributed by atoms with van der Waals surface area (Å²) in [6, 6.07) is 16.2. The molecule has 17 nitrogen and oxygen atoms in total. The van der Waals surface area contributed by atoms with Gasteiger partial charge in [0.2, 0.25) is 17.2 Å². The van der Waals surface area contributed by atoms with Crippen LogP contribution in [0, 0.1) is 71.6 Å². The number of nitrogens with zero attached hydrogens (tertiary/aromatic N) is 16. The first kappa shape index (κ1) is 30.4. The van der Waals surface area contributed by atoms with Crippen LogP contribution in [0.25, 0.3) is 65.0 Å². The quantitative estimate of drug-likeness (QED) is 0.204. The van der Waals surface area contributed by atoms with Crippen LogP contribution in [0.15, 0.2) is 83.8 Å². The normalized spacial score (nSPS) is 13.6. The van der Waals surface area contributed by atoms with Crippen LogP contribution in [-0.4, -0.2) is 19.9 Å². The van der Waals surface area contributed by atoms with Gasteiger partial charge >= 0.3 is 11.4 Å². The average Bonchev–Trinajstić information content (AvgIpc) is 3.91. The van der Waals surface area contributed by atoms with Gasteiger partial charge in [-0.15, -0.1) is 0 Å². The Balaban J connectivity index is 1.53. The molecule has 0 N–H and O–H groups in total. The van der Waals surface area contributed by atoms with E-state index in [1.54, 1.807) is 12.1 Å². The summed E-state index contributed by atoms with van der Waals surface area (Å²) in [5, 5.41) is 39.1. The summed E-state index contributed by atoms with van der Waals surface area (Å²) >= 11 is 0. The molecule has 2 aromatic heterocycles. The predicted molar refractivity (Wildman–Crippen MR) is 169 cm³/mol. The number of hydrogen-bond donors (Lipinski definition) is 0. The van der Waals surface area contributed by atoms with Crippen molar-refractivity contribution >= 4 is 22.5 Å². The fourth-order valence-corrected chi connectivity index (χ4v) is 5.05. The van der Waals surface area contributed by atoms with Gasteiger partial charge in [-0.05, 0) is 30.3 Å². The highest BCUT2D eigenvalue weighted by Crippen LogP contribution is 2.32. The van der Waals surface area contributed by atoms with E-state index in [-0.39, 0.29) is 113 Å². The van der Waals surface area contributed by atoms with Crippen LogP contribution >= 0.6 is 0 Å². The molecule has 5 aromatic rings. The molecule has 0 fully saturated rings. The Morgan fingerprint density at radius 2 is 1.25 bits per heavy atom. The maximum absolute atomic E-state index is 10.3. The zero-order valence-electron chi connectivity index (χ0n) is 25.0. The number of rotatable bonds is 3. The molecule has 0 saturated carbocycles. The van der Waals surface area contributed by atoms with E-state index in [4.69, 9.17) is 30.7 Å².